The molecular formula is C25H22Cl2N4O2S. The fraction of sp³-hybridized carbons (Fsp3) is 0.160. The lowest BCUT2D eigenvalue weighted by molar-refractivity contribution is -0.113. The van der Waals surface area contributed by atoms with Crippen LogP contribution in [0.1, 0.15) is 12.5 Å². The number of aryl methyl sites for hydroxylation is 1. The number of ether oxygens (including phenoxy) is 1. The summed E-state index contributed by atoms with van der Waals surface area (Å²) in [6, 6.07) is 20.7. The van der Waals surface area contributed by atoms with Crippen molar-refractivity contribution in [3.8, 4) is 22.8 Å². The van der Waals surface area contributed by atoms with Gasteiger partial charge in [0.05, 0.1) is 22.4 Å². The molecule has 0 saturated carbocycles. The van der Waals surface area contributed by atoms with Crippen molar-refractivity contribution in [1.29, 1.82) is 0 Å². The molecule has 0 radical (unpaired) electrons. The number of hydrogen-bond acceptors (Lipinski definition) is 5. The van der Waals surface area contributed by atoms with Gasteiger partial charge in [0, 0.05) is 16.9 Å². The lowest BCUT2D eigenvalue weighted by Crippen LogP contribution is -2.14. The van der Waals surface area contributed by atoms with Crippen molar-refractivity contribution in [2.75, 3.05) is 17.7 Å². The minimum atomic E-state index is -0.193. The van der Waals surface area contributed by atoms with E-state index in [4.69, 9.17) is 27.9 Å². The lowest BCUT2D eigenvalue weighted by Gasteiger charge is -2.12. The summed E-state index contributed by atoms with van der Waals surface area (Å²) in [5.41, 5.74) is 3.51. The van der Waals surface area contributed by atoms with Gasteiger partial charge in [0.2, 0.25) is 5.91 Å². The molecule has 6 nitrogen and oxygen atoms in total. The zero-order valence-electron chi connectivity index (χ0n) is 18.6. The standard InChI is InChI=1S/C25H22Cl2N4O2S/c1-3-33-20-10-8-19(9-11-20)31-24(17-6-4-5-16(2)13-17)29-30-25(31)34-15-23(32)28-18-7-12-21(26)22(27)14-18/h4-14H,3,15H2,1-2H3,(H,28,32). The van der Waals surface area contributed by atoms with Crippen LogP contribution in [0, 0.1) is 6.92 Å². The van der Waals surface area contributed by atoms with E-state index in [0.717, 1.165) is 22.6 Å². The SMILES string of the molecule is CCOc1ccc(-n2c(SCC(=O)Nc3ccc(Cl)c(Cl)c3)nnc2-c2cccc(C)c2)cc1. The van der Waals surface area contributed by atoms with E-state index < -0.39 is 0 Å². The Morgan fingerprint density at radius 2 is 1.82 bits per heavy atom. The monoisotopic (exact) mass is 512 g/mol. The van der Waals surface area contributed by atoms with Gasteiger partial charge < -0.3 is 10.1 Å². The van der Waals surface area contributed by atoms with E-state index in [2.05, 4.69) is 21.6 Å². The Hall–Kier alpha value is -3.00. The largest absolute Gasteiger partial charge is 0.494 e. The molecule has 0 aliphatic carbocycles. The van der Waals surface area contributed by atoms with E-state index in [1.807, 2.05) is 60.9 Å². The molecule has 3 aromatic carbocycles. The Bertz CT molecular complexity index is 1310. The molecule has 0 spiro atoms. The first kappa shape index (κ1) is 24.1. The van der Waals surface area contributed by atoms with Gasteiger partial charge in [-0.05, 0) is 62.4 Å². The molecule has 174 valence electrons. The maximum absolute atomic E-state index is 12.6. The van der Waals surface area contributed by atoms with Crippen LogP contribution in [-0.4, -0.2) is 33.0 Å². The molecule has 0 fully saturated rings. The second-order valence-corrected chi connectivity index (χ2v) is 9.16. The van der Waals surface area contributed by atoms with Crippen molar-refractivity contribution in [3.63, 3.8) is 0 Å². The van der Waals surface area contributed by atoms with E-state index >= 15 is 0 Å². The van der Waals surface area contributed by atoms with Crippen LogP contribution in [-0.2, 0) is 4.79 Å². The number of benzene rings is 3. The maximum Gasteiger partial charge on any atom is 0.234 e. The van der Waals surface area contributed by atoms with Gasteiger partial charge >= 0.3 is 0 Å². The predicted molar refractivity (Wildman–Crippen MR) is 139 cm³/mol. The molecule has 1 N–H and O–H groups in total. The van der Waals surface area contributed by atoms with Gasteiger partial charge in [-0.1, -0.05) is 58.7 Å². The molecule has 34 heavy (non-hydrogen) atoms. The lowest BCUT2D eigenvalue weighted by atomic mass is 10.1. The molecule has 0 saturated heterocycles. The second kappa shape index (κ2) is 11.0. The highest BCUT2D eigenvalue weighted by Crippen LogP contribution is 2.30. The number of aromatic nitrogens is 3. The number of anilines is 1. The fourth-order valence-electron chi connectivity index (χ4n) is 3.33. The Kier molecular flexibility index (Phi) is 7.77. The quantitative estimate of drug-likeness (QED) is 0.266. The van der Waals surface area contributed by atoms with Gasteiger partial charge in [-0.2, -0.15) is 0 Å². The number of amides is 1. The molecule has 0 bridgehead atoms. The van der Waals surface area contributed by atoms with Crippen LogP contribution >= 0.6 is 35.0 Å². The fourth-order valence-corrected chi connectivity index (χ4v) is 4.38. The van der Waals surface area contributed by atoms with Crippen LogP contribution in [0.15, 0.2) is 71.9 Å². The average Bonchev–Trinajstić information content (AvgIpc) is 3.25. The molecule has 1 heterocycles. The van der Waals surface area contributed by atoms with Gasteiger partial charge in [-0.25, -0.2) is 0 Å². The minimum Gasteiger partial charge on any atom is -0.494 e. The van der Waals surface area contributed by atoms with E-state index in [-0.39, 0.29) is 11.7 Å². The Balaban J connectivity index is 1.60. The van der Waals surface area contributed by atoms with Gasteiger partial charge in [0.1, 0.15) is 5.75 Å². The number of carbonyl (C=O) groups excluding carboxylic acids is 1. The van der Waals surface area contributed by atoms with Crippen LogP contribution in [0.3, 0.4) is 0 Å². The number of hydrogen-bond donors (Lipinski definition) is 1. The summed E-state index contributed by atoms with van der Waals surface area (Å²) >= 11 is 13.3. The molecule has 1 aromatic heterocycles. The van der Waals surface area contributed by atoms with Crippen molar-refractivity contribution in [3.05, 3.63) is 82.3 Å². The van der Waals surface area contributed by atoms with Crippen molar-refractivity contribution in [2.45, 2.75) is 19.0 Å². The maximum atomic E-state index is 12.6. The van der Waals surface area contributed by atoms with Gasteiger partial charge in [0.25, 0.3) is 0 Å². The van der Waals surface area contributed by atoms with E-state index in [0.29, 0.717) is 33.3 Å². The smallest absolute Gasteiger partial charge is 0.234 e. The number of nitrogens with one attached hydrogen (secondary N) is 1. The van der Waals surface area contributed by atoms with Gasteiger partial charge in [-0.15, -0.1) is 10.2 Å². The number of nitrogens with zero attached hydrogens (tertiary/aromatic N) is 3. The van der Waals surface area contributed by atoms with Crippen molar-refractivity contribution >= 4 is 46.6 Å². The summed E-state index contributed by atoms with van der Waals surface area (Å²) < 4.78 is 7.52. The molecule has 9 heteroatoms. The predicted octanol–water partition coefficient (Wildman–Crippen LogP) is 6.68. The van der Waals surface area contributed by atoms with Gasteiger partial charge in [0.15, 0.2) is 11.0 Å². The third-order valence-corrected chi connectivity index (χ3v) is 6.52. The highest BCUT2D eigenvalue weighted by molar-refractivity contribution is 7.99. The summed E-state index contributed by atoms with van der Waals surface area (Å²) in [7, 11) is 0. The summed E-state index contributed by atoms with van der Waals surface area (Å²) in [6.07, 6.45) is 0. The Morgan fingerprint density at radius 1 is 1.03 bits per heavy atom. The van der Waals surface area contributed by atoms with Crippen molar-refractivity contribution in [1.82, 2.24) is 14.8 Å². The first-order chi connectivity index (χ1) is 16.4. The third-order valence-electron chi connectivity index (χ3n) is 4.85. The van der Waals surface area contributed by atoms with Crippen LogP contribution in [0.5, 0.6) is 5.75 Å². The third kappa shape index (κ3) is 5.73. The van der Waals surface area contributed by atoms with Crippen LogP contribution < -0.4 is 10.1 Å². The van der Waals surface area contributed by atoms with Crippen molar-refractivity contribution in [2.24, 2.45) is 0 Å². The van der Waals surface area contributed by atoms with E-state index in [9.17, 15) is 4.79 Å². The topological polar surface area (TPSA) is 69.0 Å². The molecule has 0 aliphatic rings. The van der Waals surface area contributed by atoms with E-state index in [1.165, 1.54) is 11.8 Å². The minimum absolute atomic E-state index is 0.142. The second-order valence-electron chi connectivity index (χ2n) is 7.40. The number of halogens is 2. The van der Waals surface area contributed by atoms with Crippen molar-refractivity contribution < 1.29 is 9.53 Å². The number of carbonyl (C=O) groups is 1. The molecule has 4 aromatic rings. The Labute approximate surface area is 212 Å². The summed E-state index contributed by atoms with van der Waals surface area (Å²) in [6.45, 7) is 4.57. The van der Waals surface area contributed by atoms with Crippen LogP contribution in [0.2, 0.25) is 10.0 Å². The summed E-state index contributed by atoms with van der Waals surface area (Å²) in [5.74, 6) is 1.43. The first-order valence-electron chi connectivity index (χ1n) is 10.6. The average molecular weight is 513 g/mol. The van der Waals surface area contributed by atoms with Gasteiger partial charge in [-0.3, -0.25) is 9.36 Å². The summed E-state index contributed by atoms with van der Waals surface area (Å²) in [4.78, 5) is 12.6. The zero-order chi connectivity index (χ0) is 24.1. The van der Waals surface area contributed by atoms with Crippen LogP contribution in [0.25, 0.3) is 17.1 Å². The molecule has 0 aliphatic heterocycles. The first-order valence-corrected chi connectivity index (χ1v) is 12.3. The molecule has 1 amide bonds. The number of thioether (sulfide) groups is 1. The molecule has 4 rings (SSSR count). The van der Waals surface area contributed by atoms with E-state index in [1.54, 1.807) is 18.2 Å². The highest BCUT2D eigenvalue weighted by atomic mass is 35.5. The zero-order valence-corrected chi connectivity index (χ0v) is 20.9. The Morgan fingerprint density at radius 3 is 2.53 bits per heavy atom. The summed E-state index contributed by atoms with van der Waals surface area (Å²) in [5, 5.41) is 13.1. The van der Waals surface area contributed by atoms with Crippen LogP contribution in [0.4, 0.5) is 5.69 Å². The normalized spacial score (nSPS) is 10.8. The highest BCUT2D eigenvalue weighted by Gasteiger charge is 2.18. The molecule has 0 unspecified atom stereocenters. The number of rotatable bonds is 8. The molecular weight excluding hydrogens is 491 g/mol. The molecule has 0 atom stereocenters.